The summed E-state index contributed by atoms with van der Waals surface area (Å²) < 4.78 is 5.71. The highest BCUT2D eigenvalue weighted by molar-refractivity contribution is 5.36. The van der Waals surface area contributed by atoms with Crippen LogP contribution in [0.2, 0.25) is 0 Å². The van der Waals surface area contributed by atoms with Crippen molar-refractivity contribution in [2.75, 3.05) is 6.61 Å². The first kappa shape index (κ1) is 12.6. The molecule has 3 heteroatoms. The van der Waals surface area contributed by atoms with Crippen molar-refractivity contribution in [3.63, 3.8) is 0 Å². The van der Waals surface area contributed by atoms with E-state index in [1.165, 1.54) is 5.56 Å². The summed E-state index contributed by atoms with van der Waals surface area (Å²) in [6.45, 7) is 2.60. The zero-order valence-corrected chi connectivity index (χ0v) is 10.5. The second-order valence-electron chi connectivity index (χ2n) is 4.22. The Morgan fingerprint density at radius 2 is 1.94 bits per heavy atom. The number of rotatable bonds is 5. The third kappa shape index (κ3) is 3.31. The molecular weight excluding hydrogens is 226 g/mol. The Morgan fingerprint density at radius 1 is 1.17 bits per heavy atom. The number of hydrogen-bond donors (Lipinski definition) is 1. The molecule has 1 N–H and O–H groups in total. The first-order valence-corrected chi connectivity index (χ1v) is 6.01. The Hall–Kier alpha value is -1.87. The molecule has 1 heterocycles. The van der Waals surface area contributed by atoms with Gasteiger partial charge in [0, 0.05) is 24.4 Å². The Labute approximate surface area is 107 Å². The van der Waals surface area contributed by atoms with Crippen molar-refractivity contribution in [1.82, 2.24) is 4.98 Å². The molecule has 0 saturated heterocycles. The quantitative estimate of drug-likeness (QED) is 0.877. The lowest BCUT2D eigenvalue weighted by molar-refractivity contribution is 0.263. The van der Waals surface area contributed by atoms with Crippen LogP contribution in [0, 0.1) is 6.92 Å². The summed E-state index contributed by atoms with van der Waals surface area (Å²) in [6.07, 6.45) is 4.39. The number of aliphatic hydroxyl groups is 1. The van der Waals surface area contributed by atoms with Gasteiger partial charge < -0.3 is 9.84 Å². The van der Waals surface area contributed by atoms with Gasteiger partial charge in [-0.05, 0) is 30.7 Å². The van der Waals surface area contributed by atoms with E-state index in [-0.39, 0.29) is 6.61 Å². The van der Waals surface area contributed by atoms with Crippen LogP contribution in [-0.4, -0.2) is 16.7 Å². The van der Waals surface area contributed by atoms with Crippen LogP contribution in [0.25, 0.3) is 0 Å². The van der Waals surface area contributed by atoms with Crippen molar-refractivity contribution in [2.24, 2.45) is 0 Å². The van der Waals surface area contributed by atoms with Crippen LogP contribution < -0.4 is 4.74 Å². The number of aryl methyl sites for hydroxylation is 1. The summed E-state index contributed by atoms with van der Waals surface area (Å²) in [6, 6.07) is 9.80. The van der Waals surface area contributed by atoms with Crippen molar-refractivity contribution >= 4 is 0 Å². The fourth-order valence-electron chi connectivity index (χ4n) is 1.80. The van der Waals surface area contributed by atoms with E-state index in [0.717, 1.165) is 23.3 Å². The van der Waals surface area contributed by atoms with Gasteiger partial charge in [0.2, 0.25) is 0 Å². The minimum absolute atomic E-state index is 0.00622. The first-order chi connectivity index (χ1) is 8.79. The highest BCUT2D eigenvalue weighted by Crippen LogP contribution is 2.20. The highest BCUT2D eigenvalue weighted by atomic mass is 16.5. The number of benzene rings is 1. The molecule has 2 rings (SSSR count). The summed E-state index contributed by atoms with van der Waals surface area (Å²) in [5.41, 5.74) is 3.16. The van der Waals surface area contributed by atoms with Crippen LogP contribution >= 0.6 is 0 Å². The molecular formula is C15H17NO2. The molecule has 0 saturated carbocycles. The minimum atomic E-state index is 0.00622. The molecule has 0 fully saturated rings. The molecule has 0 amide bonds. The highest BCUT2D eigenvalue weighted by Gasteiger charge is 2.03. The Balaban J connectivity index is 1.94. The molecule has 0 spiro atoms. The SMILES string of the molecule is Cc1ccc(OCCc2ccncc2)c(CO)c1. The fourth-order valence-corrected chi connectivity index (χ4v) is 1.80. The normalized spacial score (nSPS) is 10.3. The molecule has 3 nitrogen and oxygen atoms in total. The molecule has 18 heavy (non-hydrogen) atoms. The van der Waals surface area contributed by atoms with Crippen molar-refractivity contribution in [2.45, 2.75) is 20.0 Å². The number of aromatic nitrogens is 1. The number of ether oxygens (including phenoxy) is 1. The van der Waals surface area contributed by atoms with E-state index in [9.17, 15) is 5.11 Å². The van der Waals surface area contributed by atoms with E-state index in [4.69, 9.17) is 4.74 Å². The number of hydrogen-bond acceptors (Lipinski definition) is 3. The average molecular weight is 243 g/mol. The molecule has 0 aliphatic rings. The number of pyridine rings is 1. The average Bonchev–Trinajstić information content (AvgIpc) is 2.41. The lowest BCUT2D eigenvalue weighted by Crippen LogP contribution is -2.03. The predicted octanol–water partition coefficient (Wildman–Crippen LogP) is 2.50. The van der Waals surface area contributed by atoms with Gasteiger partial charge >= 0.3 is 0 Å². The zero-order chi connectivity index (χ0) is 12.8. The molecule has 1 aromatic heterocycles. The Morgan fingerprint density at radius 3 is 2.67 bits per heavy atom. The van der Waals surface area contributed by atoms with Gasteiger partial charge in [0.05, 0.1) is 13.2 Å². The van der Waals surface area contributed by atoms with Crippen LogP contribution in [-0.2, 0) is 13.0 Å². The van der Waals surface area contributed by atoms with Gasteiger partial charge in [-0.3, -0.25) is 4.98 Å². The van der Waals surface area contributed by atoms with Gasteiger partial charge in [0.15, 0.2) is 0 Å². The Kier molecular flexibility index (Phi) is 4.31. The fraction of sp³-hybridized carbons (Fsp3) is 0.267. The lowest BCUT2D eigenvalue weighted by atomic mass is 10.1. The van der Waals surface area contributed by atoms with Gasteiger partial charge in [-0.15, -0.1) is 0 Å². The van der Waals surface area contributed by atoms with Crippen LogP contribution in [0.3, 0.4) is 0 Å². The Bertz CT molecular complexity index is 497. The van der Waals surface area contributed by atoms with E-state index < -0.39 is 0 Å². The summed E-state index contributed by atoms with van der Waals surface area (Å²) >= 11 is 0. The van der Waals surface area contributed by atoms with E-state index in [1.54, 1.807) is 12.4 Å². The van der Waals surface area contributed by atoms with E-state index in [1.807, 2.05) is 37.3 Å². The molecule has 2 aromatic rings. The topological polar surface area (TPSA) is 42.4 Å². The number of aliphatic hydroxyl groups excluding tert-OH is 1. The maximum atomic E-state index is 9.27. The monoisotopic (exact) mass is 243 g/mol. The molecule has 0 bridgehead atoms. The van der Waals surface area contributed by atoms with E-state index >= 15 is 0 Å². The molecule has 0 aliphatic heterocycles. The summed E-state index contributed by atoms with van der Waals surface area (Å²) in [4.78, 5) is 3.97. The van der Waals surface area contributed by atoms with Crippen molar-refractivity contribution < 1.29 is 9.84 Å². The predicted molar refractivity (Wildman–Crippen MR) is 70.5 cm³/mol. The van der Waals surface area contributed by atoms with Gasteiger partial charge in [0.25, 0.3) is 0 Å². The lowest BCUT2D eigenvalue weighted by Gasteiger charge is -2.10. The molecule has 0 atom stereocenters. The van der Waals surface area contributed by atoms with Crippen LogP contribution in [0.15, 0.2) is 42.7 Å². The standard InChI is InChI=1S/C15H17NO2/c1-12-2-3-15(14(10-12)11-17)18-9-6-13-4-7-16-8-5-13/h2-5,7-8,10,17H,6,9,11H2,1H3. The smallest absolute Gasteiger partial charge is 0.124 e. The maximum Gasteiger partial charge on any atom is 0.124 e. The zero-order valence-electron chi connectivity index (χ0n) is 10.5. The minimum Gasteiger partial charge on any atom is -0.493 e. The summed E-state index contributed by atoms with van der Waals surface area (Å²) in [7, 11) is 0. The van der Waals surface area contributed by atoms with Crippen LogP contribution in [0.1, 0.15) is 16.7 Å². The summed E-state index contributed by atoms with van der Waals surface area (Å²) in [5.74, 6) is 0.761. The largest absolute Gasteiger partial charge is 0.493 e. The second-order valence-corrected chi connectivity index (χ2v) is 4.22. The van der Waals surface area contributed by atoms with Gasteiger partial charge in [0.1, 0.15) is 5.75 Å². The first-order valence-electron chi connectivity index (χ1n) is 6.01. The van der Waals surface area contributed by atoms with Gasteiger partial charge in [-0.25, -0.2) is 0 Å². The van der Waals surface area contributed by atoms with Crippen molar-refractivity contribution in [3.05, 3.63) is 59.4 Å². The third-order valence-corrected chi connectivity index (χ3v) is 2.78. The molecule has 94 valence electrons. The van der Waals surface area contributed by atoms with Crippen molar-refractivity contribution in [3.8, 4) is 5.75 Å². The van der Waals surface area contributed by atoms with Crippen molar-refractivity contribution in [1.29, 1.82) is 0 Å². The van der Waals surface area contributed by atoms with E-state index in [0.29, 0.717) is 6.61 Å². The molecule has 0 radical (unpaired) electrons. The third-order valence-electron chi connectivity index (χ3n) is 2.78. The second kappa shape index (κ2) is 6.17. The molecule has 0 aliphatic carbocycles. The molecule has 0 unspecified atom stereocenters. The number of nitrogens with zero attached hydrogens (tertiary/aromatic N) is 1. The van der Waals surface area contributed by atoms with Gasteiger partial charge in [-0.1, -0.05) is 17.7 Å². The maximum absolute atomic E-state index is 9.27. The van der Waals surface area contributed by atoms with E-state index in [2.05, 4.69) is 4.98 Å². The van der Waals surface area contributed by atoms with Crippen LogP contribution in [0.4, 0.5) is 0 Å². The van der Waals surface area contributed by atoms with Crippen LogP contribution in [0.5, 0.6) is 5.75 Å². The molecule has 1 aromatic carbocycles. The summed E-state index contributed by atoms with van der Waals surface area (Å²) in [5, 5.41) is 9.27. The van der Waals surface area contributed by atoms with Gasteiger partial charge in [-0.2, -0.15) is 0 Å².